The zero-order chi connectivity index (χ0) is 25.4. The number of rotatable bonds is 6. The molecule has 0 saturated carbocycles. The van der Waals surface area contributed by atoms with E-state index in [4.69, 9.17) is 56.6 Å². The molecule has 15 heteroatoms. The van der Waals surface area contributed by atoms with E-state index in [-0.39, 0.29) is 0 Å². The van der Waals surface area contributed by atoms with Crippen LogP contribution in [-0.4, -0.2) is 56.2 Å². The van der Waals surface area contributed by atoms with Crippen molar-refractivity contribution in [3.8, 4) is 0 Å². The summed E-state index contributed by atoms with van der Waals surface area (Å²) in [5, 5.41) is 33.5. The summed E-state index contributed by atoms with van der Waals surface area (Å²) in [4.78, 5) is 70.7. The number of carbonyl (C=O) groups excluding carboxylic acids is 2. The zero-order valence-corrected chi connectivity index (χ0v) is 18.3. The maximum atomic E-state index is 12.5. The number of benzene rings is 2. The minimum absolute atomic E-state index is 0.633. The highest BCUT2D eigenvalue weighted by Gasteiger charge is 2.33. The molecule has 0 bridgehead atoms. The molecule has 172 valence electrons. The molecule has 2 rings (SSSR count). The van der Waals surface area contributed by atoms with Gasteiger partial charge in [-0.2, -0.15) is 0 Å². The van der Waals surface area contributed by atoms with Gasteiger partial charge in [-0.05, 0) is 12.1 Å². The second-order valence-corrected chi connectivity index (χ2v) is 7.41. The molecule has 0 spiro atoms. The van der Waals surface area contributed by atoms with Crippen molar-refractivity contribution in [2.24, 2.45) is 0 Å². The Morgan fingerprint density at radius 3 is 1.09 bits per heavy atom. The van der Waals surface area contributed by atoms with Crippen molar-refractivity contribution >= 4 is 82.2 Å². The Bertz CT molecular complexity index is 1190. The lowest BCUT2D eigenvalue weighted by Crippen LogP contribution is -2.21. The number of aromatic carboxylic acids is 4. The quantitative estimate of drug-likeness (QED) is 0.305. The predicted molar refractivity (Wildman–Crippen MR) is 111 cm³/mol. The van der Waals surface area contributed by atoms with Gasteiger partial charge in [-0.3, -0.25) is 0 Å². The molecule has 0 radical (unpaired) electrons. The van der Waals surface area contributed by atoms with E-state index in [0.717, 1.165) is 0 Å². The standard InChI is InChI=1S/C18H6Cl4O11/c19-5-1-3(13(23)24)11(21)9(15(27)28)7(5)17(31)33-18(32)8-6(20)2-4(14(25)26)12(22)10(8)16(29)30/h1-2H,(H,23,24)(H,25,26)(H,27,28)(H,29,30). The third-order valence-electron chi connectivity index (χ3n) is 3.91. The highest BCUT2D eigenvalue weighted by molar-refractivity contribution is 6.42. The first-order valence-electron chi connectivity index (χ1n) is 7.94. The lowest BCUT2D eigenvalue weighted by atomic mass is 10.0. The van der Waals surface area contributed by atoms with Crippen LogP contribution in [-0.2, 0) is 4.74 Å². The molecule has 2 aromatic rings. The van der Waals surface area contributed by atoms with Crippen LogP contribution in [0.5, 0.6) is 0 Å². The fourth-order valence-corrected chi connectivity index (χ4v) is 3.73. The molecule has 0 aromatic heterocycles. The van der Waals surface area contributed by atoms with E-state index in [2.05, 4.69) is 4.74 Å². The normalized spacial score (nSPS) is 10.4. The first kappa shape index (κ1) is 25.9. The first-order valence-corrected chi connectivity index (χ1v) is 9.45. The monoisotopic (exact) mass is 538 g/mol. The average molecular weight is 540 g/mol. The van der Waals surface area contributed by atoms with E-state index in [1.165, 1.54) is 0 Å². The molecule has 0 saturated heterocycles. The van der Waals surface area contributed by atoms with Crippen molar-refractivity contribution in [1.82, 2.24) is 0 Å². The van der Waals surface area contributed by atoms with Crippen LogP contribution in [0, 0.1) is 0 Å². The Labute approximate surface area is 201 Å². The maximum Gasteiger partial charge on any atom is 0.348 e. The number of carbonyl (C=O) groups is 6. The third-order valence-corrected chi connectivity index (χ3v) is 5.30. The van der Waals surface area contributed by atoms with Crippen molar-refractivity contribution < 1.29 is 53.9 Å². The lowest BCUT2D eigenvalue weighted by Gasteiger charge is -2.14. The van der Waals surface area contributed by atoms with Crippen LogP contribution in [0.25, 0.3) is 0 Å². The Balaban J connectivity index is 2.66. The Kier molecular flexibility index (Phi) is 7.55. The number of carboxylic acid groups (broad SMARTS) is 4. The van der Waals surface area contributed by atoms with Crippen LogP contribution in [0.2, 0.25) is 20.1 Å². The molecule has 0 unspecified atom stereocenters. The van der Waals surface area contributed by atoms with Crippen LogP contribution < -0.4 is 0 Å². The fraction of sp³-hybridized carbons (Fsp3) is 0. The molecule has 0 fully saturated rings. The second kappa shape index (κ2) is 9.63. The number of hydrogen-bond acceptors (Lipinski definition) is 7. The lowest BCUT2D eigenvalue weighted by molar-refractivity contribution is 0.0385. The van der Waals surface area contributed by atoms with Gasteiger partial charge in [0.2, 0.25) is 0 Å². The summed E-state index contributed by atoms with van der Waals surface area (Å²) >= 11 is 23.1. The van der Waals surface area contributed by atoms with Crippen molar-refractivity contribution in [2.75, 3.05) is 0 Å². The largest absolute Gasteiger partial charge is 0.478 e. The van der Waals surface area contributed by atoms with Gasteiger partial charge >= 0.3 is 35.8 Å². The molecule has 0 aliphatic heterocycles. The van der Waals surface area contributed by atoms with E-state index in [1.54, 1.807) is 0 Å². The van der Waals surface area contributed by atoms with E-state index >= 15 is 0 Å². The van der Waals surface area contributed by atoms with Crippen LogP contribution in [0.15, 0.2) is 12.1 Å². The predicted octanol–water partition coefficient (Wildman–Crippen LogP) is 4.09. The molecular weight excluding hydrogens is 534 g/mol. The minimum atomic E-state index is -1.90. The van der Waals surface area contributed by atoms with E-state index < -0.39 is 89.3 Å². The van der Waals surface area contributed by atoms with E-state index in [0.29, 0.717) is 12.1 Å². The summed E-state index contributed by atoms with van der Waals surface area (Å²) in [6.07, 6.45) is 0. The van der Waals surface area contributed by atoms with Gasteiger partial charge in [0.25, 0.3) is 0 Å². The molecule has 2 aromatic carbocycles. The number of hydrogen-bond donors (Lipinski definition) is 4. The molecule has 0 aliphatic rings. The van der Waals surface area contributed by atoms with Crippen molar-refractivity contribution in [3.05, 3.63) is 65.6 Å². The molecule has 33 heavy (non-hydrogen) atoms. The molecule has 11 nitrogen and oxygen atoms in total. The van der Waals surface area contributed by atoms with Crippen LogP contribution >= 0.6 is 46.4 Å². The zero-order valence-electron chi connectivity index (χ0n) is 15.3. The Hall–Kier alpha value is -3.38. The van der Waals surface area contributed by atoms with E-state index in [1.807, 2.05) is 0 Å². The van der Waals surface area contributed by atoms with Gasteiger partial charge in [-0.1, -0.05) is 46.4 Å². The van der Waals surface area contributed by atoms with Gasteiger partial charge < -0.3 is 25.2 Å². The topological polar surface area (TPSA) is 193 Å². The summed E-state index contributed by atoms with van der Waals surface area (Å²) in [6, 6.07) is 1.27. The SMILES string of the molecule is O=C(O)c1cc(Cl)c(C(=O)OC(=O)c2c(Cl)cc(C(=O)O)c(Cl)c2C(=O)O)c(C(=O)O)c1Cl. The van der Waals surface area contributed by atoms with Crippen molar-refractivity contribution in [2.45, 2.75) is 0 Å². The van der Waals surface area contributed by atoms with Gasteiger partial charge in [-0.15, -0.1) is 0 Å². The maximum absolute atomic E-state index is 12.5. The molecule has 4 N–H and O–H groups in total. The molecule has 0 aliphatic carbocycles. The first-order chi connectivity index (χ1) is 15.2. The Morgan fingerprint density at radius 2 is 0.848 bits per heavy atom. The smallest absolute Gasteiger partial charge is 0.348 e. The highest BCUT2D eigenvalue weighted by atomic mass is 35.5. The fourth-order valence-electron chi connectivity index (χ4n) is 2.55. The minimum Gasteiger partial charge on any atom is -0.478 e. The number of esters is 2. The van der Waals surface area contributed by atoms with Gasteiger partial charge in [0.1, 0.15) is 0 Å². The van der Waals surface area contributed by atoms with Crippen LogP contribution in [0.1, 0.15) is 62.1 Å². The molecular formula is C18H6Cl4O11. The summed E-state index contributed by atoms with van der Waals surface area (Å²) in [7, 11) is 0. The molecule has 0 atom stereocenters. The third kappa shape index (κ3) is 4.86. The van der Waals surface area contributed by atoms with Gasteiger partial charge in [0, 0.05) is 0 Å². The van der Waals surface area contributed by atoms with Crippen LogP contribution in [0.3, 0.4) is 0 Å². The van der Waals surface area contributed by atoms with Crippen molar-refractivity contribution in [3.63, 3.8) is 0 Å². The second-order valence-electron chi connectivity index (χ2n) is 5.84. The highest BCUT2D eigenvalue weighted by Crippen LogP contribution is 2.34. The number of halogens is 4. The van der Waals surface area contributed by atoms with Gasteiger partial charge in [0.05, 0.1) is 53.5 Å². The van der Waals surface area contributed by atoms with E-state index in [9.17, 15) is 39.0 Å². The summed E-state index contributed by atoms with van der Waals surface area (Å²) in [5.74, 6) is -10.7. The molecule has 0 amide bonds. The number of carboxylic acids is 4. The van der Waals surface area contributed by atoms with Gasteiger partial charge in [-0.25, -0.2) is 28.8 Å². The summed E-state index contributed by atoms with van der Waals surface area (Å²) in [6.45, 7) is 0. The van der Waals surface area contributed by atoms with Gasteiger partial charge in [0.15, 0.2) is 0 Å². The number of ether oxygens (including phenoxy) is 1. The van der Waals surface area contributed by atoms with Crippen LogP contribution in [0.4, 0.5) is 0 Å². The summed E-state index contributed by atoms with van der Waals surface area (Å²) in [5.41, 5.74) is -5.79. The summed E-state index contributed by atoms with van der Waals surface area (Å²) < 4.78 is 4.49. The Morgan fingerprint density at radius 1 is 0.545 bits per heavy atom. The molecule has 0 heterocycles. The van der Waals surface area contributed by atoms with Crippen molar-refractivity contribution in [1.29, 1.82) is 0 Å². The average Bonchev–Trinajstić information content (AvgIpc) is 2.68.